The minimum Gasteiger partial charge on any atom is -0.480 e. The van der Waals surface area contributed by atoms with E-state index in [2.05, 4.69) is 5.32 Å². The highest BCUT2D eigenvalue weighted by molar-refractivity contribution is 6.42. The summed E-state index contributed by atoms with van der Waals surface area (Å²) in [5.74, 6) is -0.867. The summed E-state index contributed by atoms with van der Waals surface area (Å²) in [7, 11) is 0. The number of hydrogen-bond acceptors (Lipinski definition) is 2. The van der Waals surface area contributed by atoms with Crippen molar-refractivity contribution in [1.29, 1.82) is 0 Å². The fraction of sp³-hybridized carbons (Fsp3) is 0.417. The maximum atomic E-state index is 11.3. The molecular weight excluding hydrogens is 261 g/mol. The zero-order valence-electron chi connectivity index (χ0n) is 9.76. The Morgan fingerprint density at radius 2 is 1.88 bits per heavy atom. The molecule has 0 bridgehead atoms. The van der Waals surface area contributed by atoms with Gasteiger partial charge in [0.1, 0.15) is 5.54 Å². The van der Waals surface area contributed by atoms with Gasteiger partial charge in [0, 0.05) is 5.69 Å². The third-order valence-corrected chi connectivity index (χ3v) is 3.66. The minimum atomic E-state index is -0.961. The van der Waals surface area contributed by atoms with Crippen molar-refractivity contribution in [2.24, 2.45) is 0 Å². The molecule has 0 spiro atoms. The van der Waals surface area contributed by atoms with Crippen molar-refractivity contribution in [3.63, 3.8) is 0 Å². The van der Waals surface area contributed by atoms with Crippen LogP contribution in [0.15, 0.2) is 18.2 Å². The van der Waals surface area contributed by atoms with Gasteiger partial charge in [0.05, 0.1) is 10.0 Å². The zero-order valence-corrected chi connectivity index (χ0v) is 11.3. The number of aliphatic carboxylic acids is 1. The van der Waals surface area contributed by atoms with Crippen molar-refractivity contribution in [2.75, 3.05) is 5.32 Å². The first kappa shape index (κ1) is 14.1. The first-order valence-corrected chi connectivity index (χ1v) is 6.17. The van der Waals surface area contributed by atoms with Crippen LogP contribution in [0.2, 0.25) is 10.0 Å². The van der Waals surface area contributed by atoms with Gasteiger partial charge < -0.3 is 10.4 Å². The molecule has 0 fully saturated rings. The number of nitrogens with one attached hydrogen (secondary N) is 1. The van der Waals surface area contributed by atoms with Crippen LogP contribution in [-0.4, -0.2) is 16.6 Å². The highest BCUT2D eigenvalue weighted by Gasteiger charge is 2.34. The van der Waals surface area contributed by atoms with Crippen LogP contribution < -0.4 is 5.32 Å². The Labute approximate surface area is 111 Å². The summed E-state index contributed by atoms with van der Waals surface area (Å²) in [4.78, 5) is 11.3. The van der Waals surface area contributed by atoms with Gasteiger partial charge in [-0.15, -0.1) is 0 Å². The number of anilines is 1. The molecule has 0 aromatic heterocycles. The highest BCUT2D eigenvalue weighted by atomic mass is 35.5. The molecule has 0 radical (unpaired) electrons. The summed E-state index contributed by atoms with van der Waals surface area (Å²) in [6, 6.07) is 4.99. The molecular formula is C12H15Cl2NO2. The van der Waals surface area contributed by atoms with Gasteiger partial charge in [0.25, 0.3) is 0 Å². The average Bonchev–Trinajstić information content (AvgIpc) is 2.30. The van der Waals surface area contributed by atoms with Gasteiger partial charge in [-0.3, -0.25) is 0 Å². The largest absolute Gasteiger partial charge is 0.480 e. The van der Waals surface area contributed by atoms with Gasteiger partial charge in [-0.05, 0) is 31.0 Å². The summed E-state index contributed by atoms with van der Waals surface area (Å²) < 4.78 is 0. The number of carbonyl (C=O) groups is 1. The normalized spacial score (nSPS) is 11.3. The lowest BCUT2D eigenvalue weighted by atomic mass is 9.92. The summed E-state index contributed by atoms with van der Waals surface area (Å²) in [5.41, 5.74) is -0.303. The molecule has 0 amide bonds. The first-order valence-electron chi connectivity index (χ1n) is 5.42. The highest BCUT2D eigenvalue weighted by Crippen LogP contribution is 2.28. The molecule has 5 heteroatoms. The van der Waals surface area contributed by atoms with Gasteiger partial charge in [0.15, 0.2) is 0 Å². The van der Waals surface area contributed by atoms with Crippen LogP contribution in [0.1, 0.15) is 26.7 Å². The van der Waals surface area contributed by atoms with Crippen LogP contribution in [-0.2, 0) is 4.79 Å². The Hall–Kier alpha value is -0.930. The van der Waals surface area contributed by atoms with Crippen LogP contribution in [0.5, 0.6) is 0 Å². The van der Waals surface area contributed by atoms with E-state index in [1.54, 1.807) is 18.2 Å². The molecule has 1 rings (SSSR count). The molecule has 94 valence electrons. The topological polar surface area (TPSA) is 49.3 Å². The lowest BCUT2D eigenvalue weighted by Gasteiger charge is -2.29. The van der Waals surface area contributed by atoms with E-state index in [0.717, 1.165) is 0 Å². The Balaban J connectivity index is 3.01. The second kappa shape index (κ2) is 5.61. The van der Waals surface area contributed by atoms with E-state index < -0.39 is 11.5 Å². The number of carboxylic acids is 1. The maximum Gasteiger partial charge on any atom is 0.329 e. The van der Waals surface area contributed by atoms with Gasteiger partial charge in [0.2, 0.25) is 0 Å². The molecule has 3 nitrogen and oxygen atoms in total. The Kier molecular flexibility index (Phi) is 4.66. The third-order valence-electron chi connectivity index (χ3n) is 2.92. The molecule has 0 aliphatic heterocycles. The number of rotatable bonds is 5. The smallest absolute Gasteiger partial charge is 0.329 e. The van der Waals surface area contributed by atoms with Crippen molar-refractivity contribution in [3.8, 4) is 0 Å². The van der Waals surface area contributed by atoms with Crippen LogP contribution in [0.4, 0.5) is 5.69 Å². The molecule has 0 unspecified atom stereocenters. The fourth-order valence-electron chi connectivity index (χ4n) is 1.63. The molecule has 17 heavy (non-hydrogen) atoms. The van der Waals surface area contributed by atoms with Crippen molar-refractivity contribution in [1.82, 2.24) is 0 Å². The van der Waals surface area contributed by atoms with Crippen molar-refractivity contribution in [3.05, 3.63) is 28.2 Å². The van der Waals surface area contributed by atoms with E-state index in [0.29, 0.717) is 28.6 Å². The molecule has 0 heterocycles. The molecule has 0 saturated heterocycles. The van der Waals surface area contributed by atoms with Crippen LogP contribution in [0, 0.1) is 0 Å². The number of carboxylic acid groups (broad SMARTS) is 1. The zero-order chi connectivity index (χ0) is 13.1. The van der Waals surface area contributed by atoms with Gasteiger partial charge >= 0.3 is 5.97 Å². The third kappa shape index (κ3) is 3.05. The van der Waals surface area contributed by atoms with Crippen LogP contribution >= 0.6 is 23.2 Å². The van der Waals surface area contributed by atoms with Crippen LogP contribution in [0.25, 0.3) is 0 Å². The molecule has 0 saturated carbocycles. The Morgan fingerprint density at radius 3 is 2.29 bits per heavy atom. The SMILES string of the molecule is CCC(CC)(Nc1ccc(Cl)c(Cl)c1)C(=O)O. The first-order chi connectivity index (χ1) is 7.95. The fourth-order valence-corrected chi connectivity index (χ4v) is 1.93. The molecule has 1 aromatic carbocycles. The minimum absolute atomic E-state index is 0.406. The summed E-state index contributed by atoms with van der Waals surface area (Å²) in [6.45, 7) is 3.67. The second-order valence-electron chi connectivity index (χ2n) is 3.85. The summed E-state index contributed by atoms with van der Waals surface area (Å²) in [5, 5.41) is 13.2. The predicted molar refractivity (Wildman–Crippen MR) is 71.0 cm³/mol. The molecule has 2 N–H and O–H groups in total. The Bertz CT molecular complexity index is 417. The van der Waals surface area contributed by atoms with Gasteiger partial charge in [-0.2, -0.15) is 0 Å². The summed E-state index contributed by atoms with van der Waals surface area (Å²) >= 11 is 11.7. The van der Waals surface area contributed by atoms with Crippen molar-refractivity contribution >= 4 is 34.9 Å². The predicted octanol–water partition coefficient (Wildman–Crippen LogP) is 4.05. The summed E-state index contributed by atoms with van der Waals surface area (Å²) in [6.07, 6.45) is 0.970. The van der Waals surface area contributed by atoms with E-state index in [1.165, 1.54) is 0 Å². The van der Waals surface area contributed by atoms with E-state index in [1.807, 2.05) is 13.8 Å². The van der Waals surface area contributed by atoms with Gasteiger partial charge in [-0.1, -0.05) is 37.0 Å². The van der Waals surface area contributed by atoms with E-state index in [9.17, 15) is 9.90 Å². The van der Waals surface area contributed by atoms with Gasteiger partial charge in [-0.25, -0.2) is 4.79 Å². The number of halogens is 2. The lowest BCUT2D eigenvalue weighted by Crippen LogP contribution is -2.45. The monoisotopic (exact) mass is 275 g/mol. The standard InChI is InChI=1S/C12H15Cl2NO2/c1-3-12(4-2,11(16)17)15-8-5-6-9(13)10(14)7-8/h5-7,15H,3-4H2,1-2H3,(H,16,17). The van der Waals surface area contributed by atoms with E-state index >= 15 is 0 Å². The molecule has 0 atom stereocenters. The average molecular weight is 276 g/mol. The Morgan fingerprint density at radius 1 is 1.29 bits per heavy atom. The van der Waals surface area contributed by atoms with Crippen molar-refractivity contribution < 1.29 is 9.90 Å². The molecule has 1 aromatic rings. The number of hydrogen-bond donors (Lipinski definition) is 2. The van der Waals surface area contributed by atoms with E-state index in [-0.39, 0.29) is 0 Å². The van der Waals surface area contributed by atoms with Crippen LogP contribution in [0.3, 0.4) is 0 Å². The second-order valence-corrected chi connectivity index (χ2v) is 4.66. The number of benzene rings is 1. The molecule has 0 aliphatic rings. The quantitative estimate of drug-likeness (QED) is 0.853. The lowest BCUT2D eigenvalue weighted by molar-refractivity contribution is -0.142. The van der Waals surface area contributed by atoms with Crippen molar-refractivity contribution in [2.45, 2.75) is 32.2 Å². The van der Waals surface area contributed by atoms with E-state index in [4.69, 9.17) is 23.2 Å². The molecule has 0 aliphatic carbocycles. The maximum absolute atomic E-state index is 11.3.